The molecule has 2 nitrogen and oxygen atoms in total. The van der Waals surface area contributed by atoms with Gasteiger partial charge in [-0.05, 0) is 103 Å². The summed E-state index contributed by atoms with van der Waals surface area (Å²) in [4.78, 5) is 9.05. The van der Waals surface area contributed by atoms with E-state index in [1.54, 1.807) is 0 Å². The zero-order valence-corrected chi connectivity index (χ0v) is 32.8. The number of hydrogen-bond acceptors (Lipinski definition) is 2. The van der Waals surface area contributed by atoms with Crippen molar-refractivity contribution in [1.82, 2.24) is 9.97 Å². The van der Waals surface area contributed by atoms with Crippen LogP contribution >= 0.6 is 0 Å². The zero-order valence-electron chi connectivity index (χ0n) is 30.4. The molecule has 7 rings (SSSR count). The predicted molar refractivity (Wildman–Crippen MR) is 214 cm³/mol. The number of rotatable bonds is 11. The molecular weight excluding hydrogens is 809 g/mol. The van der Waals surface area contributed by atoms with Crippen molar-refractivity contribution >= 4 is 0 Å². The molecule has 52 heavy (non-hydrogen) atoms. The van der Waals surface area contributed by atoms with Gasteiger partial charge in [-0.1, -0.05) is 109 Å². The normalized spacial score (nSPS) is 10.5. The number of aromatic nitrogens is 2. The van der Waals surface area contributed by atoms with Gasteiger partial charge >= 0.3 is 0 Å². The molecule has 2 aromatic heterocycles. The van der Waals surface area contributed by atoms with Gasteiger partial charge in [-0.2, -0.15) is 0 Å². The van der Waals surface area contributed by atoms with Crippen molar-refractivity contribution in [3.63, 3.8) is 0 Å². The minimum atomic E-state index is 0. The van der Waals surface area contributed by atoms with Crippen LogP contribution in [0.15, 0.2) is 152 Å². The molecule has 2 heterocycles. The third-order valence-electron chi connectivity index (χ3n) is 9.24. The van der Waals surface area contributed by atoms with Crippen molar-refractivity contribution < 1.29 is 20.1 Å². The van der Waals surface area contributed by atoms with E-state index in [9.17, 15) is 0 Å². The molecule has 5 aromatic carbocycles. The van der Waals surface area contributed by atoms with E-state index in [2.05, 4.69) is 134 Å². The molecule has 0 atom stereocenters. The number of benzene rings is 5. The summed E-state index contributed by atoms with van der Waals surface area (Å²) in [6.07, 6.45) is 11.3. The van der Waals surface area contributed by atoms with Crippen LogP contribution in [0.5, 0.6) is 0 Å². The standard InChI is InChI=1S/C29H28N.C20H18N.Ir/c1(4-12-24-13-6-3-7-14-24)2-5-15-25-16-10-17-26(22-25)27-18-11-19-28(23-27)29-20-8-9-21-30-29;1-14-11-15(2)20(16(3)12-14)18-9-10-19(21-13-18)17-7-5-4-6-8-17;/h3,6-11,13-14,16-18,20-23H,1-2,4-5,12,15H2;4-7,9-13H,1-3H3;/q2*-1;. The first-order valence-electron chi connectivity index (χ1n) is 18.1. The maximum absolute atomic E-state index is 4.60. The fraction of sp³-hybridized carbons (Fsp3) is 0.184. The minimum absolute atomic E-state index is 0. The van der Waals surface area contributed by atoms with Gasteiger partial charge in [-0.3, -0.25) is 0 Å². The van der Waals surface area contributed by atoms with Gasteiger partial charge in [0.05, 0.1) is 0 Å². The molecule has 1 radical (unpaired) electrons. The molecule has 3 heteroatoms. The largest absolute Gasteiger partial charge is 0.305 e. The van der Waals surface area contributed by atoms with Gasteiger partial charge in [-0.25, -0.2) is 0 Å². The molecule has 0 aliphatic rings. The molecule has 0 bridgehead atoms. The van der Waals surface area contributed by atoms with E-state index in [4.69, 9.17) is 0 Å². The first-order valence-corrected chi connectivity index (χ1v) is 18.1. The Morgan fingerprint density at radius 1 is 0.481 bits per heavy atom. The van der Waals surface area contributed by atoms with Gasteiger partial charge in [-0.15, -0.1) is 71.3 Å². The monoisotopic (exact) mass is 855 g/mol. The average Bonchev–Trinajstić information content (AvgIpc) is 3.18. The number of unbranched alkanes of at least 4 members (excludes halogenated alkanes) is 3. The van der Waals surface area contributed by atoms with Gasteiger partial charge in [0, 0.05) is 32.5 Å². The molecule has 0 aliphatic carbocycles. The average molecular weight is 855 g/mol. The minimum Gasteiger partial charge on any atom is -0.305 e. The molecule has 0 N–H and O–H groups in total. The Morgan fingerprint density at radius 3 is 1.85 bits per heavy atom. The van der Waals surface area contributed by atoms with E-state index in [-0.39, 0.29) is 20.1 Å². The van der Waals surface area contributed by atoms with Crippen LogP contribution in [0.1, 0.15) is 53.5 Å². The second kappa shape index (κ2) is 19.6. The van der Waals surface area contributed by atoms with Crippen LogP contribution in [0.25, 0.3) is 44.8 Å². The molecular formula is C49H46IrN2-2. The topological polar surface area (TPSA) is 25.8 Å². The van der Waals surface area contributed by atoms with Crippen LogP contribution in [0.2, 0.25) is 0 Å². The Labute approximate surface area is 324 Å². The number of nitrogens with zero attached hydrogens (tertiary/aromatic N) is 2. The van der Waals surface area contributed by atoms with Crippen LogP contribution in [0.3, 0.4) is 0 Å². The Morgan fingerprint density at radius 2 is 1.15 bits per heavy atom. The van der Waals surface area contributed by atoms with Crippen LogP contribution in [0.4, 0.5) is 0 Å². The van der Waals surface area contributed by atoms with Crippen LogP contribution in [-0.4, -0.2) is 9.97 Å². The quantitative estimate of drug-likeness (QED) is 0.0957. The third kappa shape index (κ3) is 10.8. The van der Waals surface area contributed by atoms with E-state index >= 15 is 0 Å². The van der Waals surface area contributed by atoms with E-state index in [0.29, 0.717) is 0 Å². The van der Waals surface area contributed by atoms with Crippen LogP contribution in [0, 0.1) is 32.9 Å². The van der Waals surface area contributed by atoms with Crippen molar-refractivity contribution in [3.05, 3.63) is 192 Å². The first-order chi connectivity index (χ1) is 25.0. The predicted octanol–water partition coefficient (Wildman–Crippen LogP) is 12.7. The van der Waals surface area contributed by atoms with Crippen molar-refractivity contribution in [3.8, 4) is 44.8 Å². The molecule has 0 amide bonds. The second-order valence-electron chi connectivity index (χ2n) is 13.3. The molecule has 0 spiro atoms. The van der Waals surface area contributed by atoms with Gasteiger partial charge < -0.3 is 9.97 Å². The summed E-state index contributed by atoms with van der Waals surface area (Å²) < 4.78 is 0. The molecule has 0 aliphatic heterocycles. The number of aryl methyl sites for hydroxylation is 5. The molecule has 7 aromatic rings. The Hall–Kier alpha value is -4.95. The molecule has 0 unspecified atom stereocenters. The molecule has 263 valence electrons. The zero-order chi connectivity index (χ0) is 35.3. The fourth-order valence-corrected chi connectivity index (χ4v) is 6.77. The van der Waals surface area contributed by atoms with E-state index in [0.717, 1.165) is 28.9 Å². The summed E-state index contributed by atoms with van der Waals surface area (Å²) >= 11 is 0. The van der Waals surface area contributed by atoms with E-state index in [1.165, 1.54) is 82.2 Å². The Balaban J connectivity index is 0.000000209. The Bertz CT molecular complexity index is 2080. The van der Waals surface area contributed by atoms with Crippen molar-refractivity contribution in [1.29, 1.82) is 0 Å². The summed E-state index contributed by atoms with van der Waals surface area (Å²) in [7, 11) is 0. The van der Waals surface area contributed by atoms with Gasteiger partial charge in [0.15, 0.2) is 0 Å². The van der Waals surface area contributed by atoms with Gasteiger partial charge in [0.25, 0.3) is 0 Å². The fourth-order valence-electron chi connectivity index (χ4n) is 6.77. The summed E-state index contributed by atoms with van der Waals surface area (Å²) in [5, 5.41) is 0. The summed E-state index contributed by atoms with van der Waals surface area (Å²) in [5.41, 5.74) is 15.7. The molecule has 0 saturated heterocycles. The SMILES string of the molecule is Cc1cc(C)c(-c2ccc(-c3[c-]cccc3)nc2)c(C)c1.[Ir].[c-]1ccc(-c2cccc(CCCCCCc3ccccc3)c2)cc1-c1ccccn1. The number of hydrogen-bond donors (Lipinski definition) is 0. The van der Waals surface area contributed by atoms with Crippen molar-refractivity contribution in [2.45, 2.75) is 59.3 Å². The number of pyridine rings is 2. The second-order valence-corrected chi connectivity index (χ2v) is 13.3. The van der Waals surface area contributed by atoms with Gasteiger partial charge in [0.2, 0.25) is 0 Å². The van der Waals surface area contributed by atoms with E-state index in [1.807, 2.05) is 60.9 Å². The van der Waals surface area contributed by atoms with Crippen molar-refractivity contribution in [2.24, 2.45) is 0 Å². The third-order valence-corrected chi connectivity index (χ3v) is 9.24. The summed E-state index contributed by atoms with van der Waals surface area (Å²) in [6.45, 7) is 6.46. The first kappa shape index (κ1) is 38.3. The van der Waals surface area contributed by atoms with Crippen LogP contribution in [-0.2, 0) is 32.9 Å². The molecule has 0 fully saturated rings. The van der Waals surface area contributed by atoms with E-state index < -0.39 is 0 Å². The van der Waals surface area contributed by atoms with Crippen molar-refractivity contribution in [2.75, 3.05) is 0 Å². The Kier molecular flexibility index (Phi) is 14.4. The smallest absolute Gasteiger partial charge is 0.0239 e. The molecule has 0 saturated carbocycles. The maximum Gasteiger partial charge on any atom is 0.0239 e. The summed E-state index contributed by atoms with van der Waals surface area (Å²) in [5.74, 6) is 0. The maximum atomic E-state index is 4.60. The summed E-state index contributed by atoms with van der Waals surface area (Å²) in [6, 6.07) is 55.2. The van der Waals surface area contributed by atoms with Crippen LogP contribution < -0.4 is 0 Å². The van der Waals surface area contributed by atoms with Gasteiger partial charge in [0.1, 0.15) is 0 Å².